The van der Waals surface area contributed by atoms with E-state index in [2.05, 4.69) is 6.92 Å². The molecule has 2 fully saturated rings. The first kappa shape index (κ1) is 12.2. The van der Waals surface area contributed by atoms with Crippen molar-refractivity contribution in [2.75, 3.05) is 13.1 Å². The minimum Gasteiger partial charge on any atom is -0.373 e. The molecule has 3 atom stereocenters. The molecule has 1 aromatic rings. The lowest BCUT2D eigenvalue weighted by Crippen LogP contribution is -2.45. The molecule has 3 heterocycles. The summed E-state index contributed by atoms with van der Waals surface area (Å²) in [6, 6.07) is 4.03. The van der Waals surface area contributed by atoms with Gasteiger partial charge in [-0.15, -0.1) is 11.3 Å². The second kappa shape index (κ2) is 5.02. The highest BCUT2D eigenvalue weighted by Crippen LogP contribution is 2.33. The van der Waals surface area contributed by atoms with Gasteiger partial charge in [0.15, 0.2) is 0 Å². The number of likely N-dealkylation sites (tertiary alicyclic amines) is 1. The van der Waals surface area contributed by atoms with Gasteiger partial charge in [-0.2, -0.15) is 0 Å². The Bertz CT molecular complexity index is 417. The fourth-order valence-electron chi connectivity index (χ4n) is 3.07. The molecule has 2 saturated heterocycles. The molecule has 2 aliphatic heterocycles. The van der Waals surface area contributed by atoms with Crippen molar-refractivity contribution >= 4 is 17.2 Å². The van der Waals surface area contributed by atoms with E-state index < -0.39 is 0 Å². The molecule has 0 bridgehead atoms. The molecule has 0 spiro atoms. The summed E-state index contributed by atoms with van der Waals surface area (Å²) in [5.41, 5.74) is 0. The molecule has 0 N–H and O–H groups in total. The molecule has 0 saturated carbocycles. The Morgan fingerprint density at radius 2 is 2.50 bits per heavy atom. The Labute approximate surface area is 112 Å². The lowest BCUT2D eigenvalue weighted by molar-refractivity contribution is -0.134. The molecule has 2 aliphatic rings. The summed E-state index contributed by atoms with van der Waals surface area (Å²) in [4.78, 5) is 15.4. The lowest BCUT2D eigenvalue weighted by Gasteiger charge is -2.34. The second-order valence-electron chi connectivity index (χ2n) is 5.37. The zero-order valence-electron chi connectivity index (χ0n) is 10.7. The summed E-state index contributed by atoms with van der Waals surface area (Å²) in [5.74, 6) is 0.921. The monoisotopic (exact) mass is 265 g/mol. The molecule has 1 amide bonds. The van der Waals surface area contributed by atoms with E-state index in [1.165, 1.54) is 0 Å². The Hall–Kier alpha value is -0.870. The Kier molecular flexibility index (Phi) is 3.39. The number of carbonyl (C=O) groups excluding carboxylic acids is 1. The van der Waals surface area contributed by atoms with Crippen molar-refractivity contribution in [1.82, 2.24) is 4.90 Å². The van der Waals surface area contributed by atoms with Gasteiger partial charge >= 0.3 is 0 Å². The van der Waals surface area contributed by atoms with Crippen molar-refractivity contribution in [1.29, 1.82) is 0 Å². The summed E-state index contributed by atoms with van der Waals surface area (Å²) in [7, 11) is 0. The van der Waals surface area contributed by atoms with Gasteiger partial charge in [0.25, 0.3) is 0 Å². The van der Waals surface area contributed by atoms with Crippen LogP contribution in [0.4, 0.5) is 0 Å². The number of thiophene rings is 1. The predicted octanol–water partition coefficient (Wildman–Crippen LogP) is 2.32. The maximum absolute atomic E-state index is 12.2. The largest absolute Gasteiger partial charge is 0.373 e. The number of piperidine rings is 1. The van der Waals surface area contributed by atoms with Gasteiger partial charge in [0, 0.05) is 18.0 Å². The van der Waals surface area contributed by atoms with Gasteiger partial charge in [-0.3, -0.25) is 4.79 Å². The van der Waals surface area contributed by atoms with Crippen LogP contribution in [0.2, 0.25) is 0 Å². The molecule has 3 nitrogen and oxygen atoms in total. The third kappa shape index (κ3) is 2.45. The standard InChI is InChI=1S/C14H19NO2S/c1-10-7-11-4-5-15(9-13(11)17-10)14(16)8-12-3-2-6-18-12/h2-3,6,10-11,13H,4-5,7-9H2,1H3/t10-,11+,13-/m1/s1. The molecule has 1 aromatic heterocycles. The molecule has 0 radical (unpaired) electrons. The first-order valence-corrected chi connectivity index (χ1v) is 7.56. The summed E-state index contributed by atoms with van der Waals surface area (Å²) >= 11 is 1.66. The van der Waals surface area contributed by atoms with Gasteiger partial charge < -0.3 is 9.64 Å². The van der Waals surface area contributed by atoms with Crippen LogP contribution in [0.3, 0.4) is 0 Å². The number of fused-ring (bicyclic) bond motifs is 1. The summed E-state index contributed by atoms with van der Waals surface area (Å²) < 4.78 is 5.89. The molecule has 0 aromatic carbocycles. The molecule has 4 heteroatoms. The fourth-order valence-corrected chi connectivity index (χ4v) is 3.77. The fraction of sp³-hybridized carbons (Fsp3) is 0.643. The smallest absolute Gasteiger partial charge is 0.227 e. The van der Waals surface area contributed by atoms with E-state index in [9.17, 15) is 4.79 Å². The van der Waals surface area contributed by atoms with Crippen molar-refractivity contribution in [2.24, 2.45) is 5.92 Å². The Morgan fingerprint density at radius 3 is 3.28 bits per heavy atom. The third-order valence-corrected chi connectivity index (χ3v) is 4.87. The van der Waals surface area contributed by atoms with E-state index in [1.807, 2.05) is 22.4 Å². The van der Waals surface area contributed by atoms with E-state index in [0.717, 1.165) is 30.8 Å². The molecular formula is C14H19NO2S. The Balaban J connectivity index is 1.59. The first-order chi connectivity index (χ1) is 8.72. The molecule has 18 heavy (non-hydrogen) atoms. The third-order valence-electron chi connectivity index (χ3n) is 4.00. The SMILES string of the molecule is C[C@@H]1C[C@@H]2CCN(C(=O)Cc3cccs3)C[C@H]2O1. The normalized spacial score (nSPS) is 31.4. The van der Waals surface area contributed by atoms with Crippen LogP contribution in [-0.4, -0.2) is 36.1 Å². The highest BCUT2D eigenvalue weighted by Gasteiger charge is 2.38. The highest BCUT2D eigenvalue weighted by atomic mass is 32.1. The highest BCUT2D eigenvalue weighted by molar-refractivity contribution is 7.10. The quantitative estimate of drug-likeness (QED) is 0.821. The summed E-state index contributed by atoms with van der Waals surface area (Å²) in [5, 5.41) is 2.02. The van der Waals surface area contributed by atoms with Gasteiger partial charge in [0.05, 0.1) is 18.6 Å². The van der Waals surface area contributed by atoms with Crippen LogP contribution in [0, 0.1) is 5.92 Å². The van der Waals surface area contributed by atoms with Gasteiger partial charge in [-0.05, 0) is 37.1 Å². The number of nitrogens with zero attached hydrogens (tertiary/aromatic N) is 1. The van der Waals surface area contributed by atoms with E-state index in [1.54, 1.807) is 11.3 Å². The maximum atomic E-state index is 12.2. The van der Waals surface area contributed by atoms with Gasteiger partial charge in [0.1, 0.15) is 0 Å². The predicted molar refractivity (Wildman–Crippen MR) is 71.7 cm³/mol. The van der Waals surface area contributed by atoms with Crippen molar-refractivity contribution in [3.8, 4) is 0 Å². The lowest BCUT2D eigenvalue weighted by atomic mass is 9.92. The molecule has 3 rings (SSSR count). The number of rotatable bonds is 2. The van der Waals surface area contributed by atoms with Crippen LogP contribution in [0.5, 0.6) is 0 Å². The van der Waals surface area contributed by atoms with E-state index >= 15 is 0 Å². The number of carbonyl (C=O) groups is 1. The zero-order valence-corrected chi connectivity index (χ0v) is 11.5. The van der Waals surface area contributed by atoms with Crippen molar-refractivity contribution < 1.29 is 9.53 Å². The van der Waals surface area contributed by atoms with Crippen molar-refractivity contribution in [3.63, 3.8) is 0 Å². The van der Waals surface area contributed by atoms with Gasteiger partial charge in [-0.1, -0.05) is 6.07 Å². The van der Waals surface area contributed by atoms with Crippen LogP contribution >= 0.6 is 11.3 Å². The average Bonchev–Trinajstić information content (AvgIpc) is 2.95. The van der Waals surface area contributed by atoms with Gasteiger partial charge in [0.2, 0.25) is 5.91 Å². The number of amides is 1. The molecular weight excluding hydrogens is 246 g/mol. The zero-order chi connectivity index (χ0) is 12.5. The maximum Gasteiger partial charge on any atom is 0.227 e. The van der Waals surface area contributed by atoms with Crippen LogP contribution in [0.1, 0.15) is 24.6 Å². The van der Waals surface area contributed by atoms with Crippen LogP contribution in [0.25, 0.3) is 0 Å². The number of hydrogen-bond donors (Lipinski definition) is 0. The van der Waals surface area contributed by atoms with Crippen molar-refractivity contribution in [3.05, 3.63) is 22.4 Å². The van der Waals surface area contributed by atoms with E-state index in [4.69, 9.17) is 4.74 Å². The number of ether oxygens (including phenoxy) is 1. The first-order valence-electron chi connectivity index (χ1n) is 6.68. The molecule has 0 unspecified atom stereocenters. The van der Waals surface area contributed by atoms with Gasteiger partial charge in [-0.25, -0.2) is 0 Å². The van der Waals surface area contributed by atoms with E-state index in [-0.39, 0.29) is 12.0 Å². The average molecular weight is 265 g/mol. The summed E-state index contributed by atoms with van der Waals surface area (Å²) in [6.45, 7) is 3.83. The number of hydrogen-bond acceptors (Lipinski definition) is 3. The topological polar surface area (TPSA) is 29.5 Å². The van der Waals surface area contributed by atoms with Crippen LogP contribution in [0.15, 0.2) is 17.5 Å². The Morgan fingerprint density at radius 1 is 1.61 bits per heavy atom. The summed E-state index contributed by atoms with van der Waals surface area (Å²) in [6.07, 6.45) is 3.46. The minimum absolute atomic E-state index is 0.249. The minimum atomic E-state index is 0.249. The molecule has 0 aliphatic carbocycles. The van der Waals surface area contributed by atoms with E-state index in [0.29, 0.717) is 18.4 Å². The van der Waals surface area contributed by atoms with Crippen LogP contribution in [-0.2, 0) is 16.0 Å². The second-order valence-corrected chi connectivity index (χ2v) is 6.40. The van der Waals surface area contributed by atoms with Crippen molar-refractivity contribution in [2.45, 2.75) is 38.4 Å². The molecule has 98 valence electrons. The van der Waals surface area contributed by atoms with Crippen LogP contribution < -0.4 is 0 Å².